The highest BCUT2D eigenvalue weighted by molar-refractivity contribution is 6.40. The summed E-state index contributed by atoms with van der Waals surface area (Å²) in [7, 11) is 2.83. The third kappa shape index (κ3) is 6.27. The van der Waals surface area contributed by atoms with E-state index in [0.717, 1.165) is 4.42 Å². The highest BCUT2D eigenvalue weighted by atomic mass is 35.5. The first-order chi connectivity index (χ1) is 15.8. The molecule has 2 aromatic carbocycles. The number of hydrogen-bond donors (Lipinski definition) is 0. The van der Waals surface area contributed by atoms with Gasteiger partial charge in [-0.1, -0.05) is 17.7 Å². The van der Waals surface area contributed by atoms with Crippen LogP contribution in [0.2, 0.25) is 5.02 Å². The summed E-state index contributed by atoms with van der Waals surface area (Å²) >= 11 is 12.5. The molecular weight excluding hydrogens is 473 g/mol. The number of carbonyl (C=O) groups is 2. The van der Waals surface area contributed by atoms with Crippen molar-refractivity contribution in [3.63, 3.8) is 0 Å². The normalized spacial score (nSPS) is 11.7. The smallest absolute Gasteiger partial charge is 0.276 e. The number of benzene rings is 2. The van der Waals surface area contributed by atoms with Gasteiger partial charge in [0, 0.05) is 22.9 Å². The minimum absolute atomic E-state index is 0.131. The zero-order valence-electron chi connectivity index (χ0n) is 18.9. The van der Waals surface area contributed by atoms with Crippen LogP contribution in [0.15, 0.2) is 40.6 Å². The number of nitrogens with zero attached hydrogens (tertiary/aromatic N) is 3. The molecule has 11 heteroatoms. The van der Waals surface area contributed by atoms with E-state index in [9.17, 15) is 9.59 Å². The Morgan fingerprint density at radius 1 is 1.03 bits per heavy atom. The Bertz CT molecular complexity index is 1010. The average molecular weight is 498 g/mol. The minimum atomic E-state index is -1.54. The lowest BCUT2D eigenvalue weighted by atomic mass is 10.2. The van der Waals surface area contributed by atoms with Gasteiger partial charge in [0.25, 0.3) is 5.91 Å². The van der Waals surface area contributed by atoms with Gasteiger partial charge in [-0.3, -0.25) is 9.59 Å². The van der Waals surface area contributed by atoms with Crippen LogP contribution in [0.4, 0.5) is 11.4 Å². The molecule has 0 fully saturated rings. The van der Waals surface area contributed by atoms with E-state index in [1.165, 1.54) is 27.2 Å². The molecule has 1 atom stereocenters. The van der Waals surface area contributed by atoms with E-state index < -0.39 is 17.7 Å². The highest BCUT2D eigenvalue weighted by Gasteiger charge is 2.32. The van der Waals surface area contributed by atoms with Crippen molar-refractivity contribution in [2.24, 2.45) is 10.2 Å². The summed E-state index contributed by atoms with van der Waals surface area (Å²) in [6, 6.07) is 6.39. The number of halogens is 2. The van der Waals surface area contributed by atoms with Gasteiger partial charge in [-0.15, -0.1) is 0 Å². The molecule has 0 saturated carbocycles. The Morgan fingerprint density at radius 2 is 1.64 bits per heavy atom. The van der Waals surface area contributed by atoms with Gasteiger partial charge >= 0.3 is 0 Å². The van der Waals surface area contributed by atoms with Crippen LogP contribution in [-0.2, 0) is 9.59 Å². The van der Waals surface area contributed by atoms with Crippen LogP contribution in [0.1, 0.15) is 20.8 Å². The molecule has 1 unspecified atom stereocenters. The lowest BCUT2D eigenvalue weighted by Gasteiger charge is -2.21. The summed E-state index contributed by atoms with van der Waals surface area (Å²) < 4.78 is 22.5. The minimum Gasteiger partial charge on any atom is -0.494 e. The van der Waals surface area contributed by atoms with E-state index in [4.69, 9.17) is 42.3 Å². The summed E-state index contributed by atoms with van der Waals surface area (Å²) in [5.74, 6) is -0.229. The quantitative estimate of drug-likeness (QED) is 0.234. The Morgan fingerprint density at radius 3 is 2.15 bits per heavy atom. The lowest BCUT2D eigenvalue weighted by Crippen LogP contribution is -2.36. The topological polar surface area (TPSA) is 99.0 Å². The first-order valence-electron chi connectivity index (χ1n) is 10.00. The fraction of sp³-hybridized carbons (Fsp3) is 0.364. The van der Waals surface area contributed by atoms with Crippen molar-refractivity contribution < 1.29 is 28.5 Å². The number of ketones is 1. The van der Waals surface area contributed by atoms with E-state index in [2.05, 4.69) is 10.2 Å². The van der Waals surface area contributed by atoms with Gasteiger partial charge < -0.3 is 18.9 Å². The Labute approximate surface area is 202 Å². The van der Waals surface area contributed by atoms with E-state index >= 15 is 0 Å². The summed E-state index contributed by atoms with van der Waals surface area (Å²) in [5, 5.41) is 8.36. The third-order valence-corrected chi connectivity index (χ3v) is 4.83. The standard InChI is InChI=1S/C22H25Cl2N3O6/c1-6-32-18-12-14(23)11-15(21(18)33-7-2)25-26-19(13(3)28)22(29)27(24)20-16(30-4)9-8-10-17(20)31-5/h8-12,19H,6-7H2,1-5H3. The SMILES string of the molecule is CCOc1cc(Cl)cc(N=NC(C(C)=O)C(=O)N(Cl)c2c(OC)cccc2OC)c1OCC. The predicted molar refractivity (Wildman–Crippen MR) is 126 cm³/mol. The van der Waals surface area contributed by atoms with Crippen LogP contribution in [0, 0.1) is 0 Å². The van der Waals surface area contributed by atoms with Crippen molar-refractivity contribution in [2.45, 2.75) is 26.8 Å². The molecular formula is C22H25Cl2N3O6. The van der Waals surface area contributed by atoms with Gasteiger partial charge in [-0.25, -0.2) is 4.42 Å². The third-order valence-electron chi connectivity index (χ3n) is 4.28. The van der Waals surface area contributed by atoms with Crippen LogP contribution >= 0.6 is 23.4 Å². The number of hydrogen-bond acceptors (Lipinski definition) is 8. The van der Waals surface area contributed by atoms with Gasteiger partial charge in [-0.2, -0.15) is 10.2 Å². The number of methoxy groups -OCH3 is 2. The molecule has 2 rings (SSSR count). The van der Waals surface area contributed by atoms with Gasteiger partial charge in [0.05, 0.1) is 27.4 Å². The van der Waals surface area contributed by atoms with E-state index in [1.54, 1.807) is 31.2 Å². The molecule has 0 aliphatic carbocycles. The molecule has 0 spiro atoms. The molecule has 0 aliphatic heterocycles. The van der Waals surface area contributed by atoms with Crippen LogP contribution in [0.25, 0.3) is 0 Å². The van der Waals surface area contributed by atoms with Crippen molar-refractivity contribution in [2.75, 3.05) is 31.9 Å². The first-order valence-corrected chi connectivity index (χ1v) is 10.7. The summed E-state index contributed by atoms with van der Waals surface area (Å²) in [6.07, 6.45) is 0. The number of para-hydroxylation sites is 1. The maximum absolute atomic E-state index is 13.1. The monoisotopic (exact) mass is 497 g/mol. The van der Waals surface area contributed by atoms with Crippen molar-refractivity contribution in [3.05, 3.63) is 35.4 Å². The summed E-state index contributed by atoms with van der Waals surface area (Å²) in [4.78, 5) is 25.4. The molecule has 0 radical (unpaired) electrons. The highest BCUT2D eigenvalue weighted by Crippen LogP contribution is 2.42. The summed E-state index contributed by atoms with van der Waals surface area (Å²) in [6.45, 7) is 5.50. The number of rotatable bonds is 11. The fourth-order valence-corrected chi connectivity index (χ4v) is 3.31. The Kier molecular flexibility index (Phi) is 9.74. The maximum atomic E-state index is 13.1. The van der Waals surface area contributed by atoms with Crippen LogP contribution in [0.3, 0.4) is 0 Å². The molecule has 0 aliphatic rings. The summed E-state index contributed by atoms with van der Waals surface area (Å²) in [5.41, 5.74) is 0.329. The molecule has 0 N–H and O–H groups in total. The maximum Gasteiger partial charge on any atom is 0.276 e. The van der Waals surface area contributed by atoms with Crippen LogP contribution in [0.5, 0.6) is 23.0 Å². The molecule has 0 saturated heterocycles. The van der Waals surface area contributed by atoms with Gasteiger partial charge in [-0.05, 0) is 39.0 Å². The van der Waals surface area contributed by atoms with Gasteiger partial charge in [0.15, 0.2) is 17.3 Å². The van der Waals surface area contributed by atoms with E-state index in [1.807, 2.05) is 6.92 Å². The Balaban J connectivity index is 2.47. The first kappa shape index (κ1) is 26.2. The molecule has 0 bridgehead atoms. The van der Waals surface area contributed by atoms with Gasteiger partial charge in [0.1, 0.15) is 22.9 Å². The second-order valence-corrected chi connectivity index (χ2v) is 7.25. The molecule has 178 valence electrons. The van der Waals surface area contributed by atoms with E-state index in [-0.39, 0.29) is 28.6 Å². The molecule has 0 heterocycles. The number of amides is 1. The van der Waals surface area contributed by atoms with Crippen LogP contribution in [-0.4, -0.2) is 45.2 Å². The predicted octanol–water partition coefficient (Wildman–Crippen LogP) is 5.38. The second kappa shape index (κ2) is 12.3. The van der Waals surface area contributed by atoms with Crippen molar-refractivity contribution in [1.82, 2.24) is 0 Å². The second-order valence-electron chi connectivity index (χ2n) is 6.48. The number of Topliss-reactive ketones (excluding diaryl/α,β-unsaturated/α-hetero) is 1. The van der Waals surface area contributed by atoms with Crippen molar-refractivity contribution >= 4 is 46.4 Å². The molecule has 33 heavy (non-hydrogen) atoms. The lowest BCUT2D eigenvalue weighted by molar-refractivity contribution is -0.126. The zero-order chi connectivity index (χ0) is 24.5. The number of azo groups is 1. The molecule has 9 nitrogen and oxygen atoms in total. The number of carbonyl (C=O) groups excluding carboxylic acids is 2. The average Bonchev–Trinajstić information content (AvgIpc) is 2.79. The molecule has 2 aromatic rings. The Hall–Kier alpha value is -3.04. The van der Waals surface area contributed by atoms with Crippen molar-refractivity contribution in [3.8, 4) is 23.0 Å². The van der Waals surface area contributed by atoms with E-state index in [0.29, 0.717) is 24.0 Å². The zero-order valence-corrected chi connectivity index (χ0v) is 20.4. The number of anilines is 1. The molecule has 0 aromatic heterocycles. The fourth-order valence-electron chi connectivity index (χ4n) is 2.85. The van der Waals surface area contributed by atoms with Crippen molar-refractivity contribution in [1.29, 1.82) is 0 Å². The molecule has 1 amide bonds. The van der Waals surface area contributed by atoms with Crippen LogP contribution < -0.4 is 23.4 Å². The largest absolute Gasteiger partial charge is 0.494 e. The number of ether oxygens (including phenoxy) is 4. The van der Waals surface area contributed by atoms with Gasteiger partial charge in [0.2, 0.25) is 6.04 Å².